The molecule has 0 aromatic heterocycles. The van der Waals surface area contributed by atoms with Crippen LogP contribution in [0.2, 0.25) is 0 Å². The van der Waals surface area contributed by atoms with Crippen molar-refractivity contribution in [3.8, 4) is 0 Å². The van der Waals surface area contributed by atoms with Gasteiger partial charge in [0.1, 0.15) is 6.04 Å². The Morgan fingerprint density at radius 2 is 1.89 bits per heavy atom. The van der Waals surface area contributed by atoms with Gasteiger partial charge in [-0.2, -0.15) is 0 Å². The summed E-state index contributed by atoms with van der Waals surface area (Å²) in [5.74, 6) is -2.18. The van der Waals surface area contributed by atoms with E-state index in [2.05, 4.69) is 0 Å². The Hall–Kier alpha value is -1.15. The summed E-state index contributed by atoms with van der Waals surface area (Å²) in [6.45, 7) is 0. The molecule has 7 nitrogen and oxygen atoms in total. The van der Waals surface area contributed by atoms with Crippen LogP contribution in [-0.4, -0.2) is 42.4 Å². The molecule has 0 aromatic carbocycles. The topological polar surface area (TPSA) is 121 Å². The van der Waals surface area contributed by atoms with Gasteiger partial charge in [0, 0.05) is 6.42 Å². The third kappa shape index (κ3) is 5.97. The van der Waals surface area contributed by atoms with Crippen LogP contribution in [0.15, 0.2) is 0 Å². The van der Waals surface area contributed by atoms with Gasteiger partial charge in [-0.3, -0.25) is 9.59 Å². The molecule has 1 saturated carbocycles. The Morgan fingerprint density at radius 1 is 1.28 bits per heavy atom. The molecular weight excluding hydrogens is 262 g/mol. The second-order valence-corrected chi connectivity index (χ2v) is 6.37. The van der Waals surface area contributed by atoms with Crippen LogP contribution in [0.1, 0.15) is 32.1 Å². The summed E-state index contributed by atoms with van der Waals surface area (Å²) in [5, 5.41) is 17.3. The molecule has 104 valence electrons. The average Bonchev–Trinajstić information content (AvgIpc) is 3.04. The molecule has 18 heavy (non-hydrogen) atoms. The molecule has 3 N–H and O–H groups in total. The molecule has 0 saturated heterocycles. The molecule has 8 heteroatoms. The van der Waals surface area contributed by atoms with Crippen molar-refractivity contribution < 1.29 is 28.2 Å². The fraction of sp³-hybridized carbons (Fsp3) is 0.800. The summed E-state index contributed by atoms with van der Waals surface area (Å²) in [4.78, 5) is 21.2. The number of carboxylic acids is 2. The van der Waals surface area contributed by atoms with Crippen molar-refractivity contribution in [2.75, 3.05) is 5.75 Å². The highest BCUT2D eigenvalue weighted by Crippen LogP contribution is 2.32. The number of rotatable bonds is 9. The van der Waals surface area contributed by atoms with Gasteiger partial charge in [0.05, 0.1) is 5.75 Å². The fourth-order valence-corrected chi connectivity index (χ4v) is 2.92. The molecule has 0 radical (unpaired) electrons. The van der Waals surface area contributed by atoms with Crippen LogP contribution in [0.25, 0.3) is 0 Å². The van der Waals surface area contributed by atoms with Gasteiger partial charge in [-0.1, -0.05) is 12.8 Å². The molecule has 0 aromatic rings. The zero-order valence-corrected chi connectivity index (χ0v) is 10.6. The lowest BCUT2D eigenvalue weighted by atomic mass is 10.2. The lowest BCUT2D eigenvalue weighted by Gasteiger charge is -2.13. The highest BCUT2D eigenvalue weighted by atomic mass is 32.2. The van der Waals surface area contributed by atoms with Crippen molar-refractivity contribution in [1.82, 2.24) is 4.72 Å². The van der Waals surface area contributed by atoms with Crippen LogP contribution in [-0.2, 0) is 19.6 Å². The summed E-state index contributed by atoms with van der Waals surface area (Å²) in [7, 11) is -3.65. The minimum absolute atomic E-state index is 0.103. The maximum Gasteiger partial charge on any atom is 0.321 e. The zero-order chi connectivity index (χ0) is 13.8. The molecular formula is C10H17NO6S. The largest absolute Gasteiger partial charge is 0.481 e. The second-order valence-electron chi connectivity index (χ2n) is 4.49. The zero-order valence-electron chi connectivity index (χ0n) is 9.83. The summed E-state index contributed by atoms with van der Waals surface area (Å²) in [6, 6.07) is -1.37. The first-order chi connectivity index (χ1) is 8.30. The number of aliphatic carboxylic acids is 2. The van der Waals surface area contributed by atoms with E-state index in [-0.39, 0.29) is 18.6 Å². The number of nitrogens with one attached hydrogen (secondary N) is 1. The van der Waals surface area contributed by atoms with E-state index in [0.29, 0.717) is 12.3 Å². The third-order valence-corrected chi connectivity index (χ3v) is 4.18. The molecule has 0 unspecified atom stereocenters. The van der Waals surface area contributed by atoms with Crippen molar-refractivity contribution in [3.05, 3.63) is 0 Å². The van der Waals surface area contributed by atoms with Crippen LogP contribution >= 0.6 is 0 Å². The van der Waals surface area contributed by atoms with E-state index in [1.807, 2.05) is 4.72 Å². The lowest BCUT2D eigenvalue weighted by Crippen LogP contribution is -2.42. The summed E-state index contributed by atoms with van der Waals surface area (Å²) in [5.41, 5.74) is 0. The van der Waals surface area contributed by atoms with Crippen molar-refractivity contribution in [2.45, 2.75) is 38.1 Å². The minimum atomic E-state index is -3.65. The van der Waals surface area contributed by atoms with Crippen LogP contribution < -0.4 is 4.72 Å². The van der Waals surface area contributed by atoms with Gasteiger partial charge >= 0.3 is 11.9 Å². The van der Waals surface area contributed by atoms with Crippen molar-refractivity contribution in [3.63, 3.8) is 0 Å². The average molecular weight is 279 g/mol. The van der Waals surface area contributed by atoms with E-state index >= 15 is 0 Å². The molecule has 0 amide bonds. The monoisotopic (exact) mass is 279 g/mol. The van der Waals surface area contributed by atoms with Gasteiger partial charge in [-0.25, -0.2) is 13.1 Å². The Morgan fingerprint density at radius 3 is 2.33 bits per heavy atom. The minimum Gasteiger partial charge on any atom is -0.481 e. The van der Waals surface area contributed by atoms with Crippen molar-refractivity contribution in [1.29, 1.82) is 0 Å². The van der Waals surface area contributed by atoms with E-state index in [0.717, 1.165) is 12.8 Å². The number of carbonyl (C=O) groups is 2. The highest BCUT2D eigenvalue weighted by Gasteiger charge is 2.27. The van der Waals surface area contributed by atoms with Crippen LogP contribution in [0.4, 0.5) is 0 Å². The number of sulfonamides is 1. The molecule has 1 atom stereocenters. The molecule has 0 bridgehead atoms. The first kappa shape index (κ1) is 14.9. The molecule has 1 aliphatic rings. The molecule has 1 aliphatic carbocycles. The van der Waals surface area contributed by atoms with Gasteiger partial charge in [-0.05, 0) is 18.8 Å². The Labute approximate surface area is 105 Å². The Balaban J connectivity index is 2.46. The van der Waals surface area contributed by atoms with Crippen LogP contribution in [0.5, 0.6) is 0 Å². The SMILES string of the molecule is O=C(O)CC[C@H](NS(=O)(=O)CCC1CC1)C(=O)O. The molecule has 0 spiro atoms. The number of hydrogen-bond acceptors (Lipinski definition) is 4. The van der Waals surface area contributed by atoms with Crippen molar-refractivity contribution >= 4 is 22.0 Å². The third-order valence-electron chi connectivity index (χ3n) is 2.76. The van der Waals surface area contributed by atoms with E-state index in [4.69, 9.17) is 10.2 Å². The lowest BCUT2D eigenvalue weighted by molar-refractivity contribution is -0.140. The van der Waals surface area contributed by atoms with Gasteiger partial charge in [-0.15, -0.1) is 0 Å². The first-order valence-electron chi connectivity index (χ1n) is 5.75. The Kier molecular flexibility index (Phi) is 5.09. The predicted molar refractivity (Wildman–Crippen MR) is 62.6 cm³/mol. The molecule has 0 aliphatic heterocycles. The first-order valence-corrected chi connectivity index (χ1v) is 7.40. The molecule has 1 fully saturated rings. The maximum absolute atomic E-state index is 11.6. The van der Waals surface area contributed by atoms with Crippen LogP contribution in [0.3, 0.4) is 0 Å². The summed E-state index contributed by atoms with van der Waals surface area (Å²) < 4.78 is 25.2. The van der Waals surface area contributed by atoms with Gasteiger partial charge in [0.25, 0.3) is 0 Å². The van der Waals surface area contributed by atoms with E-state index in [1.54, 1.807) is 0 Å². The molecule has 1 rings (SSSR count). The second kappa shape index (κ2) is 6.14. The standard InChI is InChI=1S/C10H17NO6S/c12-9(13)4-3-8(10(14)15)11-18(16,17)6-5-7-1-2-7/h7-8,11H,1-6H2,(H,12,13)(H,14,15)/t8-/m0/s1. The molecule has 0 heterocycles. The van der Waals surface area contributed by atoms with E-state index < -0.39 is 28.0 Å². The maximum atomic E-state index is 11.6. The smallest absolute Gasteiger partial charge is 0.321 e. The predicted octanol–water partition coefficient (Wildman–Crippen LogP) is 0.0239. The number of hydrogen-bond donors (Lipinski definition) is 3. The number of carboxylic acid groups (broad SMARTS) is 2. The quantitative estimate of drug-likeness (QED) is 0.547. The van der Waals surface area contributed by atoms with Crippen LogP contribution in [0, 0.1) is 5.92 Å². The van der Waals surface area contributed by atoms with Gasteiger partial charge < -0.3 is 10.2 Å². The normalized spacial score (nSPS) is 17.3. The summed E-state index contributed by atoms with van der Waals surface area (Å²) in [6.07, 6.45) is 1.93. The van der Waals surface area contributed by atoms with Crippen molar-refractivity contribution in [2.24, 2.45) is 5.92 Å². The van der Waals surface area contributed by atoms with Gasteiger partial charge in [0.15, 0.2) is 0 Å². The highest BCUT2D eigenvalue weighted by molar-refractivity contribution is 7.89. The fourth-order valence-electron chi connectivity index (χ4n) is 1.50. The van der Waals surface area contributed by atoms with E-state index in [1.165, 1.54) is 0 Å². The van der Waals surface area contributed by atoms with Gasteiger partial charge in [0.2, 0.25) is 10.0 Å². The Bertz CT molecular complexity index is 414. The summed E-state index contributed by atoms with van der Waals surface area (Å²) >= 11 is 0. The van der Waals surface area contributed by atoms with E-state index in [9.17, 15) is 18.0 Å².